The van der Waals surface area contributed by atoms with Gasteiger partial charge in [0.1, 0.15) is 0 Å². The van der Waals surface area contributed by atoms with E-state index in [0.29, 0.717) is 0 Å². The Kier molecular flexibility index (Phi) is 11.4. The minimum absolute atomic E-state index is 0. The van der Waals surface area contributed by atoms with Crippen molar-refractivity contribution in [2.75, 3.05) is 16.0 Å². The maximum Gasteiger partial charge on any atom is 0.0684 e. The third-order valence-electron chi connectivity index (χ3n) is 9.02. The summed E-state index contributed by atoms with van der Waals surface area (Å²) in [5.74, 6) is 0. The van der Waals surface area contributed by atoms with E-state index >= 15 is 0 Å². The van der Waals surface area contributed by atoms with Crippen LogP contribution in [0.3, 0.4) is 0 Å². The van der Waals surface area contributed by atoms with Gasteiger partial charge in [0.15, 0.2) is 0 Å². The molecule has 1 unspecified atom stereocenters. The molecule has 7 rings (SSSR count). The number of aryl methyl sites for hydroxylation is 4. The second kappa shape index (κ2) is 15.7. The van der Waals surface area contributed by atoms with Gasteiger partial charge in [0.05, 0.1) is 5.69 Å². The number of anilines is 4. The molecule has 5 heteroatoms. The number of H-pyrrole nitrogens is 1. The Morgan fingerprint density at radius 1 is 0.612 bits per heavy atom. The first-order chi connectivity index (χ1) is 23.1. The van der Waals surface area contributed by atoms with Gasteiger partial charge in [-0.1, -0.05) is 83.3 Å². The van der Waals surface area contributed by atoms with Crippen molar-refractivity contribution in [2.24, 2.45) is 0 Å². The molecule has 0 amide bonds. The van der Waals surface area contributed by atoms with Crippen LogP contribution in [0.5, 0.6) is 0 Å². The van der Waals surface area contributed by atoms with E-state index in [9.17, 15) is 0 Å². The van der Waals surface area contributed by atoms with Gasteiger partial charge < -0.3 is 20.9 Å². The number of allylic oxidation sites excluding steroid dienone is 3. The van der Waals surface area contributed by atoms with Gasteiger partial charge in [-0.15, -0.1) is 0 Å². The van der Waals surface area contributed by atoms with E-state index in [1.807, 2.05) is 30.3 Å². The first kappa shape index (κ1) is 35.7. The largest absolute Gasteiger partial charge is 0.357 e. The molecule has 1 aromatic heterocycles. The van der Waals surface area contributed by atoms with Gasteiger partial charge >= 0.3 is 0 Å². The number of hydrogen-bond donors (Lipinski definition) is 4. The Labute approximate surface area is 307 Å². The van der Waals surface area contributed by atoms with E-state index in [-0.39, 0.29) is 27.1 Å². The molecule has 0 fully saturated rings. The zero-order valence-corrected chi connectivity index (χ0v) is 31.1. The van der Waals surface area contributed by atoms with Gasteiger partial charge in [-0.2, -0.15) is 18.2 Å². The predicted molar refractivity (Wildman–Crippen MR) is 207 cm³/mol. The minimum atomic E-state index is -0.312. The van der Waals surface area contributed by atoms with Crippen molar-refractivity contribution < 1.29 is 21.7 Å². The molecule has 0 saturated heterocycles. The van der Waals surface area contributed by atoms with E-state index in [1.54, 1.807) is 0 Å². The van der Waals surface area contributed by atoms with Crippen LogP contribution < -0.4 is 16.0 Å². The number of hydrogen-bond acceptors (Lipinski definition) is 3. The first-order valence-electron chi connectivity index (χ1n) is 16.9. The Bertz CT molecular complexity index is 2010. The molecule has 0 spiro atoms. The number of aromatic amines is 1. The van der Waals surface area contributed by atoms with Crippen LogP contribution in [0.4, 0.5) is 22.7 Å². The minimum Gasteiger partial charge on any atom is -0.357 e. The van der Waals surface area contributed by atoms with Gasteiger partial charge in [0.25, 0.3) is 0 Å². The molecule has 6 aromatic rings. The molecule has 248 valence electrons. The molecule has 1 atom stereocenters. The normalized spacial score (nSPS) is 15.8. The Balaban J connectivity index is 0.000000717. The van der Waals surface area contributed by atoms with E-state index in [1.165, 1.54) is 50.3 Å². The first-order valence-corrected chi connectivity index (χ1v) is 16.9. The van der Waals surface area contributed by atoms with Crippen molar-refractivity contribution in [3.8, 4) is 0 Å². The SMILES string of the molecule is CC1=CC(C)(c2[nH]c3ccc(C)cc3c2Nc2ccc(C)cc2)CC(Nc2ccc(C)cc2)=C(Nc2ccc(C)cc2)C1.[Ti].c1cc[cH-]c1. The molecule has 5 aromatic carbocycles. The van der Waals surface area contributed by atoms with E-state index in [2.05, 4.69) is 160 Å². The van der Waals surface area contributed by atoms with Crippen LogP contribution in [0.2, 0.25) is 0 Å². The van der Waals surface area contributed by atoms with Gasteiger partial charge in [0.2, 0.25) is 0 Å². The van der Waals surface area contributed by atoms with Crippen LogP contribution in [0, 0.1) is 27.7 Å². The van der Waals surface area contributed by atoms with Crippen molar-refractivity contribution in [3.05, 3.63) is 172 Å². The van der Waals surface area contributed by atoms with Gasteiger partial charge in [-0.25, -0.2) is 12.1 Å². The van der Waals surface area contributed by atoms with Crippen LogP contribution in [-0.4, -0.2) is 4.98 Å². The standard InChI is InChI=1S/C39H42N4.C5H5.Ti/c1-25-7-14-30(15-8-25)40-35-22-29(5)23-39(6,24-36(35)41-31-16-9-26(2)10-17-31)38-37(42-32-18-11-27(3)12-19-32)33-21-28(4)13-20-34(33)43-38;1-2-4-5-3-1;/h7-21,23,40-43H,22,24H2,1-6H3;1-5H;/q;-1;. The van der Waals surface area contributed by atoms with E-state index in [4.69, 9.17) is 0 Å². The Hall–Kier alpha value is -4.64. The summed E-state index contributed by atoms with van der Waals surface area (Å²) in [5, 5.41) is 12.7. The fraction of sp³-hybridized carbons (Fsp3) is 0.205. The second-order valence-electron chi connectivity index (χ2n) is 13.6. The zero-order chi connectivity index (χ0) is 33.7. The summed E-state index contributed by atoms with van der Waals surface area (Å²) in [6, 6.07) is 42.7. The maximum absolute atomic E-state index is 3.87. The van der Waals surface area contributed by atoms with Crippen molar-refractivity contribution in [1.82, 2.24) is 4.98 Å². The number of nitrogens with one attached hydrogen (secondary N) is 4. The molecule has 1 aliphatic carbocycles. The molecule has 4 N–H and O–H groups in total. The quantitative estimate of drug-likeness (QED) is 0.0772. The van der Waals surface area contributed by atoms with Crippen molar-refractivity contribution in [2.45, 2.75) is 59.8 Å². The molecule has 0 bridgehead atoms. The molecule has 4 nitrogen and oxygen atoms in total. The second-order valence-corrected chi connectivity index (χ2v) is 13.6. The van der Waals surface area contributed by atoms with Crippen molar-refractivity contribution in [3.63, 3.8) is 0 Å². The van der Waals surface area contributed by atoms with Crippen LogP contribution in [0.15, 0.2) is 144 Å². The molecule has 0 saturated carbocycles. The summed E-state index contributed by atoms with van der Waals surface area (Å²) in [5.41, 5.74) is 15.1. The Morgan fingerprint density at radius 2 is 1.10 bits per heavy atom. The van der Waals surface area contributed by atoms with E-state index < -0.39 is 0 Å². The maximum atomic E-state index is 3.87. The van der Waals surface area contributed by atoms with Crippen LogP contribution in [-0.2, 0) is 27.1 Å². The summed E-state index contributed by atoms with van der Waals surface area (Å²) in [7, 11) is 0. The predicted octanol–water partition coefficient (Wildman–Crippen LogP) is 12.0. The van der Waals surface area contributed by atoms with Crippen molar-refractivity contribution in [1.29, 1.82) is 0 Å². The summed E-state index contributed by atoms with van der Waals surface area (Å²) >= 11 is 0. The van der Waals surface area contributed by atoms with Gasteiger partial charge in [0, 0.05) is 85.0 Å². The third kappa shape index (κ3) is 8.89. The Morgan fingerprint density at radius 3 is 1.61 bits per heavy atom. The van der Waals surface area contributed by atoms with Gasteiger partial charge in [-0.05, 0) is 83.1 Å². The average molecular weight is 680 g/mol. The van der Waals surface area contributed by atoms with Crippen LogP contribution >= 0.6 is 0 Å². The van der Waals surface area contributed by atoms with E-state index in [0.717, 1.165) is 41.1 Å². The van der Waals surface area contributed by atoms with Crippen LogP contribution in [0.25, 0.3) is 10.9 Å². The summed E-state index contributed by atoms with van der Waals surface area (Å²) < 4.78 is 0. The number of rotatable bonds is 7. The topological polar surface area (TPSA) is 51.9 Å². The van der Waals surface area contributed by atoms with Gasteiger partial charge in [-0.3, -0.25) is 0 Å². The number of benzene rings is 4. The molecule has 0 aliphatic heterocycles. The zero-order valence-electron chi connectivity index (χ0n) is 29.5. The number of aromatic nitrogens is 1. The monoisotopic (exact) mass is 679 g/mol. The summed E-state index contributed by atoms with van der Waals surface area (Å²) in [4.78, 5) is 3.87. The third-order valence-corrected chi connectivity index (χ3v) is 9.02. The summed E-state index contributed by atoms with van der Waals surface area (Å²) in [6.45, 7) is 13.2. The molecule has 49 heavy (non-hydrogen) atoms. The van der Waals surface area contributed by atoms with Crippen molar-refractivity contribution >= 4 is 33.7 Å². The summed E-state index contributed by atoms with van der Waals surface area (Å²) in [6.07, 6.45) is 4.09. The fourth-order valence-corrected chi connectivity index (χ4v) is 6.49. The molecule has 0 radical (unpaired) electrons. The fourth-order valence-electron chi connectivity index (χ4n) is 6.49. The molecule has 1 heterocycles. The number of fused-ring (bicyclic) bond motifs is 1. The molecule has 1 aliphatic rings. The smallest absolute Gasteiger partial charge is 0.0684 e. The van der Waals surface area contributed by atoms with Crippen LogP contribution in [0.1, 0.15) is 54.6 Å². The molecular weight excluding hydrogens is 632 g/mol. The molecular formula is C44H47N4Ti-. The average Bonchev–Trinajstić information content (AvgIpc) is 3.74.